The maximum Gasteiger partial charge on any atom is 0.277 e. The number of hydrogen-bond acceptors (Lipinski definition) is 6. The molecule has 0 atom stereocenters. The van der Waals surface area contributed by atoms with Crippen molar-refractivity contribution in [2.45, 2.75) is 6.92 Å². The number of nitrogens with zero attached hydrogens (tertiary/aromatic N) is 2. The first kappa shape index (κ1) is 17.0. The minimum absolute atomic E-state index is 0.00902. The van der Waals surface area contributed by atoms with Crippen molar-refractivity contribution >= 4 is 23.2 Å². The predicted molar refractivity (Wildman–Crippen MR) is 86.9 cm³/mol. The van der Waals surface area contributed by atoms with Crippen molar-refractivity contribution in [3.63, 3.8) is 0 Å². The smallest absolute Gasteiger partial charge is 0.277 e. The third-order valence-corrected chi connectivity index (χ3v) is 3.60. The van der Waals surface area contributed by atoms with E-state index in [1.807, 2.05) is 36.1 Å². The fourth-order valence-corrected chi connectivity index (χ4v) is 2.41. The second kappa shape index (κ2) is 7.75. The zero-order valence-electron chi connectivity index (χ0n) is 13.0. The lowest BCUT2D eigenvalue weighted by molar-refractivity contribution is -0.137. The number of imide groups is 1. The molecule has 0 aliphatic carbocycles. The van der Waals surface area contributed by atoms with Gasteiger partial charge in [-0.15, -0.1) is 0 Å². The molecule has 0 spiro atoms. The van der Waals surface area contributed by atoms with E-state index in [0.717, 1.165) is 17.1 Å². The van der Waals surface area contributed by atoms with E-state index in [9.17, 15) is 9.59 Å². The van der Waals surface area contributed by atoms with Crippen molar-refractivity contribution in [2.24, 2.45) is 0 Å². The van der Waals surface area contributed by atoms with Gasteiger partial charge in [0.05, 0.1) is 19.8 Å². The van der Waals surface area contributed by atoms with Gasteiger partial charge >= 0.3 is 0 Å². The summed E-state index contributed by atoms with van der Waals surface area (Å²) in [5.41, 5.74) is 1.85. The molecule has 1 aromatic carbocycles. The fourth-order valence-electron chi connectivity index (χ4n) is 2.41. The molecule has 0 fully saturated rings. The van der Waals surface area contributed by atoms with Crippen LogP contribution in [0.1, 0.15) is 6.92 Å². The molecule has 7 nitrogen and oxygen atoms in total. The Hall–Kier alpha value is -2.38. The molecule has 1 heterocycles. The molecule has 0 bridgehead atoms. The molecule has 23 heavy (non-hydrogen) atoms. The highest BCUT2D eigenvalue weighted by molar-refractivity contribution is 6.17. The highest BCUT2D eigenvalue weighted by Gasteiger charge is 2.30. The summed E-state index contributed by atoms with van der Waals surface area (Å²) in [5, 5.41) is 20.8. The third kappa shape index (κ3) is 3.88. The number of anilines is 2. The van der Waals surface area contributed by atoms with Crippen LogP contribution in [0.5, 0.6) is 0 Å². The summed E-state index contributed by atoms with van der Waals surface area (Å²) in [6, 6.07) is 7.38. The maximum atomic E-state index is 12.0. The zero-order valence-corrected chi connectivity index (χ0v) is 13.0. The number of carbonyl (C=O) groups is 2. The van der Waals surface area contributed by atoms with E-state index in [1.165, 1.54) is 6.08 Å². The first-order valence-corrected chi connectivity index (χ1v) is 7.52. The van der Waals surface area contributed by atoms with Crippen LogP contribution in [-0.4, -0.2) is 59.8 Å². The summed E-state index contributed by atoms with van der Waals surface area (Å²) in [7, 11) is 0. The number of aliphatic hydroxyl groups is 2. The average Bonchev–Trinajstić information content (AvgIpc) is 2.81. The van der Waals surface area contributed by atoms with Crippen molar-refractivity contribution in [1.29, 1.82) is 0 Å². The van der Waals surface area contributed by atoms with Crippen LogP contribution in [0.4, 0.5) is 11.4 Å². The van der Waals surface area contributed by atoms with E-state index in [-0.39, 0.29) is 25.5 Å². The molecular formula is C16H21N3O4. The van der Waals surface area contributed by atoms with Gasteiger partial charge < -0.3 is 20.4 Å². The Balaban J connectivity index is 2.05. The molecule has 0 saturated carbocycles. The van der Waals surface area contributed by atoms with Gasteiger partial charge in [0.15, 0.2) is 0 Å². The van der Waals surface area contributed by atoms with Crippen LogP contribution in [0.2, 0.25) is 0 Å². The summed E-state index contributed by atoms with van der Waals surface area (Å²) < 4.78 is 0. The Morgan fingerprint density at radius 1 is 1.13 bits per heavy atom. The normalized spacial score (nSPS) is 14.2. The number of hydrogen-bond donors (Lipinski definition) is 3. The molecule has 124 valence electrons. The number of amides is 2. The van der Waals surface area contributed by atoms with Crippen LogP contribution in [0, 0.1) is 0 Å². The molecule has 2 amide bonds. The summed E-state index contributed by atoms with van der Waals surface area (Å²) in [6.45, 7) is 3.15. The van der Waals surface area contributed by atoms with Gasteiger partial charge in [-0.05, 0) is 31.2 Å². The van der Waals surface area contributed by atoms with Crippen molar-refractivity contribution in [3.8, 4) is 0 Å². The third-order valence-electron chi connectivity index (χ3n) is 3.60. The Bertz CT molecular complexity index is 598. The predicted octanol–water partition coefficient (Wildman–Crippen LogP) is 0.162. The molecular weight excluding hydrogens is 298 g/mol. The lowest BCUT2D eigenvalue weighted by Gasteiger charge is -2.22. The topological polar surface area (TPSA) is 93.1 Å². The number of likely N-dealkylation sites (N-methyl/N-ethyl adjacent to an activating group) is 1. The Labute approximate surface area is 134 Å². The molecule has 2 rings (SSSR count). The van der Waals surface area contributed by atoms with Crippen LogP contribution in [-0.2, 0) is 9.59 Å². The van der Waals surface area contributed by atoms with Gasteiger partial charge in [0, 0.05) is 30.5 Å². The molecule has 1 aromatic rings. The summed E-state index contributed by atoms with van der Waals surface area (Å²) in [6.07, 6.45) is 1.23. The van der Waals surface area contributed by atoms with Crippen LogP contribution < -0.4 is 10.2 Å². The molecule has 0 aromatic heterocycles. The number of β-amino-alcohol motifs (C(OH)–C–C–N with tert-alkyl or cyclic N) is 1. The van der Waals surface area contributed by atoms with Crippen molar-refractivity contribution in [1.82, 2.24) is 4.90 Å². The fraction of sp³-hybridized carbons (Fsp3) is 0.375. The summed E-state index contributed by atoms with van der Waals surface area (Å²) in [5.74, 6) is -0.869. The van der Waals surface area contributed by atoms with Gasteiger partial charge in [0.25, 0.3) is 11.8 Å². The average molecular weight is 319 g/mol. The molecule has 0 saturated heterocycles. The van der Waals surface area contributed by atoms with Gasteiger partial charge in [0.2, 0.25) is 0 Å². The van der Waals surface area contributed by atoms with Crippen LogP contribution in [0.15, 0.2) is 36.0 Å². The van der Waals surface area contributed by atoms with Crippen molar-refractivity contribution in [3.05, 3.63) is 36.0 Å². The molecule has 0 unspecified atom stereocenters. The van der Waals surface area contributed by atoms with E-state index < -0.39 is 11.8 Å². The number of carbonyl (C=O) groups excluding carboxylic acids is 2. The van der Waals surface area contributed by atoms with E-state index >= 15 is 0 Å². The van der Waals surface area contributed by atoms with E-state index in [0.29, 0.717) is 12.2 Å². The minimum Gasteiger partial charge on any atom is -0.395 e. The lowest BCUT2D eigenvalue weighted by Crippen LogP contribution is -2.34. The summed E-state index contributed by atoms with van der Waals surface area (Å²) >= 11 is 0. The Morgan fingerprint density at radius 3 is 2.39 bits per heavy atom. The first-order valence-electron chi connectivity index (χ1n) is 7.52. The van der Waals surface area contributed by atoms with Gasteiger partial charge in [-0.25, -0.2) is 0 Å². The molecule has 3 N–H and O–H groups in total. The number of nitrogens with one attached hydrogen (secondary N) is 1. The lowest BCUT2D eigenvalue weighted by atomic mass is 10.2. The van der Waals surface area contributed by atoms with Crippen molar-refractivity contribution < 1.29 is 19.8 Å². The van der Waals surface area contributed by atoms with Gasteiger partial charge in [0.1, 0.15) is 5.70 Å². The first-order chi connectivity index (χ1) is 11.1. The SMILES string of the molecule is CCN(CCO)c1ccc(NC2=CC(=O)N(CCO)C2=O)cc1. The van der Waals surface area contributed by atoms with E-state index in [1.54, 1.807) is 0 Å². The van der Waals surface area contributed by atoms with Gasteiger partial charge in [-0.3, -0.25) is 14.5 Å². The van der Waals surface area contributed by atoms with Gasteiger partial charge in [-0.2, -0.15) is 0 Å². The van der Waals surface area contributed by atoms with E-state index in [4.69, 9.17) is 10.2 Å². The van der Waals surface area contributed by atoms with Crippen LogP contribution in [0.3, 0.4) is 0 Å². The van der Waals surface area contributed by atoms with Gasteiger partial charge in [-0.1, -0.05) is 0 Å². The second-order valence-electron chi connectivity index (χ2n) is 5.05. The maximum absolute atomic E-state index is 12.0. The minimum atomic E-state index is -0.441. The summed E-state index contributed by atoms with van der Waals surface area (Å²) in [4.78, 5) is 26.7. The largest absolute Gasteiger partial charge is 0.395 e. The Kier molecular flexibility index (Phi) is 5.72. The molecule has 0 radical (unpaired) electrons. The van der Waals surface area contributed by atoms with Crippen LogP contribution in [0.25, 0.3) is 0 Å². The highest BCUT2D eigenvalue weighted by Crippen LogP contribution is 2.21. The van der Waals surface area contributed by atoms with Crippen LogP contribution >= 0.6 is 0 Å². The second-order valence-corrected chi connectivity index (χ2v) is 5.05. The number of aliphatic hydroxyl groups excluding tert-OH is 2. The van der Waals surface area contributed by atoms with Crippen molar-refractivity contribution in [2.75, 3.05) is 43.1 Å². The number of rotatable bonds is 8. The standard InChI is InChI=1S/C16H21N3O4/c1-2-18(7-9-20)13-5-3-12(4-6-13)17-14-11-15(22)19(8-10-21)16(14)23/h3-6,11,17,20-21H,2,7-10H2,1H3. The van der Waals surface area contributed by atoms with E-state index in [2.05, 4.69) is 5.32 Å². The monoisotopic (exact) mass is 319 g/mol. The number of benzene rings is 1. The molecule has 7 heteroatoms. The molecule has 1 aliphatic heterocycles. The Morgan fingerprint density at radius 2 is 1.83 bits per heavy atom. The molecule has 1 aliphatic rings. The quantitative estimate of drug-likeness (QED) is 0.591. The zero-order chi connectivity index (χ0) is 16.8. The highest BCUT2D eigenvalue weighted by atomic mass is 16.3.